The second-order valence-corrected chi connectivity index (χ2v) is 6.05. The fraction of sp³-hybridized carbons (Fsp3) is 0.235. The zero-order valence-electron chi connectivity index (χ0n) is 12.0. The van der Waals surface area contributed by atoms with Crippen LogP contribution >= 0.6 is 15.9 Å². The van der Waals surface area contributed by atoms with Gasteiger partial charge in [-0.3, -0.25) is 4.79 Å². The predicted octanol–water partition coefficient (Wildman–Crippen LogP) is 3.66. The van der Waals surface area contributed by atoms with E-state index in [0.717, 1.165) is 22.1 Å². The van der Waals surface area contributed by atoms with E-state index in [1.165, 1.54) is 5.56 Å². The number of aryl methyl sites for hydroxylation is 2. The molecule has 0 aliphatic carbocycles. The van der Waals surface area contributed by atoms with Gasteiger partial charge in [0.15, 0.2) is 0 Å². The molecule has 2 rings (SSSR count). The van der Waals surface area contributed by atoms with Crippen LogP contribution in [0.3, 0.4) is 0 Å². The second-order valence-electron chi connectivity index (χ2n) is 5.14. The minimum Gasteiger partial charge on any atom is -0.325 e. The van der Waals surface area contributed by atoms with Crippen LogP contribution in [0, 0.1) is 6.92 Å². The normalized spacial score (nSPS) is 12.0. The summed E-state index contributed by atoms with van der Waals surface area (Å²) < 4.78 is 0.940. The smallest absolute Gasteiger partial charge is 0.241 e. The quantitative estimate of drug-likeness (QED) is 0.867. The summed E-state index contributed by atoms with van der Waals surface area (Å²) in [4.78, 5) is 12.1. The van der Waals surface area contributed by atoms with Gasteiger partial charge in [-0.25, -0.2) is 0 Å². The third kappa shape index (κ3) is 4.99. The fourth-order valence-electron chi connectivity index (χ4n) is 2.14. The van der Waals surface area contributed by atoms with E-state index in [0.29, 0.717) is 6.42 Å². The molecule has 0 spiro atoms. The second kappa shape index (κ2) is 7.38. The lowest BCUT2D eigenvalue weighted by Crippen LogP contribution is -2.36. The number of halogens is 1. The molecule has 0 heterocycles. The van der Waals surface area contributed by atoms with Crippen LogP contribution in [0.1, 0.15) is 17.5 Å². The molecule has 1 atom stereocenters. The summed E-state index contributed by atoms with van der Waals surface area (Å²) in [5.74, 6) is -0.150. The molecule has 3 nitrogen and oxygen atoms in total. The molecule has 0 bridgehead atoms. The summed E-state index contributed by atoms with van der Waals surface area (Å²) >= 11 is 3.42. The van der Waals surface area contributed by atoms with Gasteiger partial charge in [-0.05, 0) is 49.1 Å². The molecule has 4 heteroatoms. The standard InChI is InChI=1S/C17H19BrN2O/c1-12-9-14(18)11-15(10-12)20-17(21)16(19)8-7-13-5-3-2-4-6-13/h2-6,9-11,16H,7-8,19H2,1H3,(H,20,21)/t16-/m0/s1. The van der Waals surface area contributed by atoms with Gasteiger partial charge in [0.1, 0.15) is 0 Å². The minimum absolute atomic E-state index is 0.150. The maximum Gasteiger partial charge on any atom is 0.241 e. The first-order valence-corrected chi connectivity index (χ1v) is 7.71. The Hall–Kier alpha value is -1.65. The Labute approximate surface area is 133 Å². The van der Waals surface area contributed by atoms with Crippen molar-refractivity contribution in [3.8, 4) is 0 Å². The van der Waals surface area contributed by atoms with E-state index < -0.39 is 6.04 Å². The molecule has 0 aliphatic rings. The van der Waals surface area contributed by atoms with E-state index in [9.17, 15) is 4.79 Å². The van der Waals surface area contributed by atoms with Crippen molar-refractivity contribution in [3.63, 3.8) is 0 Å². The molecule has 0 radical (unpaired) electrons. The molecule has 2 aromatic carbocycles. The Morgan fingerprint density at radius 2 is 1.95 bits per heavy atom. The first kappa shape index (κ1) is 15.7. The SMILES string of the molecule is Cc1cc(Br)cc(NC(=O)[C@@H](N)CCc2ccccc2)c1. The molecule has 0 fully saturated rings. The Kier molecular flexibility index (Phi) is 5.53. The van der Waals surface area contributed by atoms with Crippen molar-refractivity contribution >= 4 is 27.5 Å². The maximum absolute atomic E-state index is 12.1. The van der Waals surface area contributed by atoms with Crippen molar-refractivity contribution in [1.82, 2.24) is 0 Å². The lowest BCUT2D eigenvalue weighted by molar-refractivity contribution is -0.117. The Morgan fingerprint density at radius 3 is 2.62 bits per heavy atom. The highest BCUT2D eigenvalue weighted by atomic mass is 79.9. The van der Waals surface area contributed by atoms with Crippen LogP contribution in [-0.4, -0.2) is 11.9 Å². The molecule has 110 valence electrons. The van der Waals surface area contributed by atoms with Gasteiger partial charge in [0.2, 0.25) is 5.91 Å². The summed E-state index contributed by atoms with van der Waals surface area (Å²) in [5.41, 5.74) is 9.01. The van der Waals surface area contributed by atoms with E-state index in [2.05, 4.69) is 21.2 Å². The monoisotopic (exact) mass is 346 g/mol. The van der Waals surface area contributed by atoms with Gasteiger partial charge < -0.3 is 11.1 Å². The van der Waals surface area contributed by atoms with Gasteiger partial charge in [-0.2, -0.15) is 0 Å². The molecule has 2 aromatic rings. The van der Waals surface area contributed by atoms with Crippen molar-refractivity contribution in [2.75, 3.05) is 5.32 Å². The molecule has 0 saturated carbocycles. The fourth-order valence-corrected chi connectivity index (χ4v) is 2.75. The summed E-state index contributed by atoms with van der Waals surface area (Å²) in [5, 5.41) is 2.87. The van der Waals surface area contributed by atoms with Crippen molar-refractivity contribution in [3.05, 3.63) is 64.1 Å². The average molecular weight is 347 g/mol. The third-order valence-corrected chi connectivity index (χ3v) is 3.69. The topological polar surface area (TPSA) is 55.1 Å². The number of rotatable bonds is 5. The summed E-state index contributed by atoms with van der Waals surface area (Å²) in [6.07, 6.45) is 1.43. The highest BCUT2D eigenvalue weighted by Crippen LogP contribution is 2.19. The van der Waals surface area contributed by atoms with Crippen LogP contribution in [0.2, 0.25) is 0 Å². The molecule has 0 aromatic heterocycles. The largest absolute Gasteiger partial charge is 0.325 e. The molecule has 0 unspecified atom stereocenters. The van der Waals surface area contributed by atoms with Crippen LogP contribution < -0.4 is 11.1 Å². The molecule has 0 aliphatic heterocycles. The lowest BCUT2D eigenvalue weighted by atomic mass is 10.1. The highest BCUT2D eigenvalue weighted by Gasteiger charge is 2.13. The zero-order valence-corrected chi connectivity index (χ0v) is 13.6. The van der Waals surface area contributed by atoms with Crippen LogP contribution in [0.4, 0.5) is 5.69 Å². The van der Waals surface area contributed by atoms with Crippen LogP contribution in [0.15, 0.2) is 53.0 Å². The van der Waals surface area contributed by atoms with Crippen molar-refractivity contribution < 1.29 is 4.79 Å². The van der Waals surface area contributed by atoms with Gasteiger partial charge >= 0.3 is 0 Å². The average Bonchev–Trinajstić information content (AvgIpc) is 2.44. The van der Waals surface area contributed by atoms with Gasteiger partial charge in [-0.1, -0.05) is 46.3 Å². The van der Waals surface area contributed by atoms with Crippen LogP contribution in [-0.2, 0) is 11.2 Å². The molecular weight excluding hydrogens is 328 g/mol. The Morgan fingerprint density at radius 1 is 1.24 bits per heavy atom. The van der Waals surface area contributed by atoms with Gasteiger partial charge in [0.05, 0.1) is 6.04 Å². The third-order valence-electron chi connectivity index (χ3n) is 3.23. The molecule has 21 heavy (non-hydrogen) atoms. The number of carbonyl (C=O) groups excluding carboxylic acids is 1. The first-order valence-electron chi connectivity index (χ1n) is 6.92. The summed E-state index contributed by atoms with van der Waals surface area (Å²) in [7, 11) is 0. The Bertz CT molecular complexity index is 593. The molecule has 3 N–H and O–H groups in total. The maximum atomic E-state index is 12.1. The number of nitrogens with one attached hydrogen (secondary N) is 1. The van der Waals surface area contributed by atoms with Crippen LogP contribution in [0.25, 0.3) is 0 Å². The predicted molar refractivity (Wildman–Crippen MR) is 90.2 cm³/mol. The molecular formula is C17H19BrN2O. The number of anilines is 1. The molecule has 1 amide bonds. The summed E-state index contributed by atoms with van der Waals surface area (Å²) in [6, 6.07) is 15.3. The van der Waals surface area contributed by atoms with Gasteiger partial charge in [-0.15, -0.1) is 0 Å². The van der Waals surface area contributed by atoms with E-state index in [4.69, 9.17) is 5.73 Å². The zero-order chi connectivity index (χ0) is 15.2. The number of hydrogen-bond donors (Lipinski definition) is 2. The van der Waals surface area contributed by atoms with Gasteiger partial charge in [0, 0.05) is 10.2 Å². The molecule has 0 saturated heterocycles. The Balaban J connectivity index is 1.90. The number of nitrogens with two attached hydrogens (primary N) is 1. The first-order chi connectivity index (χ1) is 10.0. The number of amides is 1. The number of benzene rings is 2. The van der Waals surface area contributed by atoms with Crippen molar-refractivity contribution in [2.45, 2.75) is 25.8 Å². The van der Waals surface area contributed by atoms with Crippen molar-refractivity contribution in [1.29, 1.82) is 0 Å². The van der Waals surface area contributed by atoms with E-state index in [-0.39, 0.29) is 5.91 Å². The van der Waals surface area contributed by atoms with E-state index >= 15 is 0 Å². The lowest BCUT2D eigenvalue weighted by Gasteiger charge is -2.13. The van der Waals surface area contributed by atoms with E-state index in [1.54, 1.807) is 0 Å². The highest BCUT2D eigenvalue weighted by molar-refractivity contribution is 9.10. The minimum atomic E-state index is -0.510. The van der Waals surface area contributed by atoms with Crippen LogP contribution in [0.5, 0.6) is 0 Å². The van der Waals surface area contributed by atoms with Crippen molar-refractivity contribution in [2.24, 2.45) is 5.73 Å². The number of hydrogen-bond acceptors (Lipinski definition) is 2. The number of carbonyl (C=O) groups is 1. The van der Waals surface area contributed by atoms with Gasteiger partial charge in [0.25, 0.3) is 0 Å². The summed E-state index contributed by atoms with van der Waals surface area (Å²) in [6.45, 7) is 1.98. The van der Waals surface area contributed by atoms with E-state index in [1.807, 2.05) is 55.5 Å².